The van der Waals surface area contributed by atoms with E-state index in [0.29, 0.717) is 12.2 Å². The van der Waals surface area contributed by atoms with Gasteiger partial charge in [-0.1, -0.05) is 0 Å². The van der Waals surface area contributed by atoms with Crippen LogP contribution in [0.15, 0.2) is 6.20 Å². The zero-order chi connectivity index (χ0) is 8.10. The molecule has 0 aliphatic rings. The lowest BCUT2D eigenvalue weighted by atomic mass is 10.2. The third-order valence-corrected chi connectivity index (χ3v) is 2.22. The highest BCUT2D eigenvalue weighted by Crippen LogP contribution is 2.00. The van der Waals surface area contributed by atoms with E-state index in [1.165, 1.54) is 11.8 Å². The molecule has 0 saturated carbocycles. The second kappa shape index (κ2) is 4.46. The summed E-state index contributed by atoms with van der Waals surface area (Å²) in [6, 6.07) is 0. The van der Waals surface area contributed by atoms with Gasteiger partial charge in [-0.3, -0.25) is 4.79 Å². The molecular weight excluding hydrogens is 180 g/mol. The molecular formula is C6H8N2OS2. The average molecular weight is 188 g/mol. The first-order chi connectivity index (χ1) is 5.33. The van der Waals surface area contributed by atoms with Crippen molar-refractivity contribution >= 4 is 29.3 Å². The number of thioether (sulfide) groups is 1. The number of rotatable bonds is 4. The summed E-state index contributed by atoms with van der Waals surface area (Å²) in [5.41, 5.74) is 0.786. The standard InChI is InChI=1S/C6H8N2OS2/c1-10-4-6(9)2-5-3-7-11-8-5/h3H,2,4H2,1H3. The van der Waals surface area contributed by atoms with E-state index in [0.717, 1.165) is 17.4 Å². The first-order valence-corrected chi connectivity index (χ1v) is 5.22. The number of hydrogen-bond donors (Lipinski definition) is 0. The fraction of sp³-hybridized carbons (Fsp3) is 0.500. The molecule has 0 saturated heterocycles. The van der Waals surface area contributed by atoms with E-state index in [4.69, 9.17) is 0 Å². The molecule has 0 amide bonds. The second-order valence-electron chi connectivity index (χ2n) is 2.05. The Morgan fingerprint density at radius 2 is 2.64 bits per heavy atom. The van der Waals surface area contributed by atoms with Gasteiger partial charge in [0.25, 0.3) is 0 Å². The van der Waals surface area contributed by atoms with Gasteiger partial charge in [0, 0.05) is 0 Å². The van der Waals surface area contributed by atoms with E-state index in [1.807, 2.05) is 6.26 Å². The summed E-state index contributed by atoms with van der Waals surface area (Å²) in [7, 11) is 0. The van der Waals surface area contributed by atoms with E-state index in [-0.39, 0.29) is 5.78 Å². The number of ketones is 1. The molecule has 0 aliphatic carbocycles. The number of nitrogens with zero attached hydrogens (tertiary/aromatic N) is 2. The molecule has 1 rings (SSSR count). The van der Waals surface area contributed by atoms with Crippen molar-refractivity contribution in [1.82, 2.24) is 8.75 Å². The van der Waals surface area contributed by atoms with Crippen LogP contribution in [0, 0.1) is 0 Å². The zero-order valence-electron chi connectivity index (χ0n) is 6.11. The zero-order valence-corrected chi connectivity index (χ0v) is 7.74. The van der Waals surface area contributed by atoms with Gasteiger partial charge in [-0.15, -0.1) is 0 Å². The van der Waals surface area contributed by atoms with Crippen LogP contribution in [-0.4, -0.2) is 26.5 Å². The van der Waals surface area contributed by atoms with Gasteiger partial charge in [-0.25, -0.2) is 0 Å². The number of carbonyl (C=O) groups excluding carboxylic acids is 1. The van der Waals surface area contributed by atoms with Crippen LogP contribution in [0.3, 0.4) is 0 Å². The minimum absolute atomic E-state index is 0.213. The summed E-state index contributed by atoms with van der Waals surface area (Å²) in [6.07, 6.45) is 3.98. The number of hydrogen-bond acceptors (Lipinski definition) is 5. The molecule has 3 nitrogen and oxygen atoms in total. The SMILES string of the molecule is CSCC(=O)Cc1cnsn1. The number of aromatic nitrogens is 2. The molecule has 0 unspecified atom stereocenters. The lowest BCUT2D eigenvalue weighted by molar-refractivity contribution is -0.116. The van der Waals surface area contributed by atoms with E-state index < -0.39 is 0 Å². The van der Waals surface area contributed by atoms with Crippen LogP contribution < -0.4 is 0 Å². The first-order valence-electron chi connectivity index (χ1n) is 3.10. The highest BCUT2D eigenvalue weighted by Gasteiger charge is 2.03. The number of Topliss-reactive ketones (excluding diaryl/α,β-unsaturated/α-hetero) is 1. The molecule has 1 aromatic heterocycles. The van der Waals surface area contributed by atoms with Crippen molar-refractivity contribution in [2.45, 2.75) is 6.42 Å². The Labute approximate surface area is 73.5 Å². The van der Waals surface area contributed by atoms with Gasteiger partial charge in [0.05, 0.1) is 35.8 Å². The monoisotopic (exact) mass is 188 g/mol. The second-order valence-corrected chi connectivity index (χ2v) is 3.47. The van der Waals surface area contributed by atoms with Gasteiger partial charge in [-0.2, -0.15) is 20.5 Å². The Hall–Kier alpha value is -0.420. The maximum absolute atomic E-state index is 11.0. The molecule has 0 aliphatic heterocycles. The van der Waals surface area contributed by atoms with Crippen LogP contribution >= 0.6 is 23.5 Å². The van der Waals surface area contributed by atoms with Gasteiger partial charge in [0.2, 0.25) is 0 Å². The Balaban J connectivity index is 2.37. The first kappa shape index (κ1) is 8.67. The Morgan fingerprint density at radius 3 is 3.18 bits per heavy atom. The van der Waals surface area contributed by atoms with Crippen molar-refractivity contribution in [2.24, 2.45) is 0 Å². The van der Waals surface area contributed by atoms with Crippen LogP contribution in [0.5, 0.6) is 0 Å². The fourth-order valence-electron chi connectivity index (χ4n) is 0.676. The smallest absolute Gasteiger partial charge is 0.148 e. The Kier molecular flexibility index (Phi) is 3.51. The molecule has 0 N–H and O–H groups in total. The molecule has 1 heterocycles. The van der Waals surface area contributed by atoms with Crippen molar-refractivity contribution in [3.05, 3.63) is 11.9 Å². The predicted molar refractivity (Wildman–Crippen MR) is 47.0 cm³/mol. The molecule has 0 aromatic carbocycles. The van der Waals surface area contributed by atoms with Crippen molar-refractivity contribution in [3.8, 4) is 0 Å². The van der Waals surface area contributed by atoms with E-state index in [1.54, 1.807) is 6.20 Å². The molecule has 0 spiro atoms. The normalized spacial score (nSPS) is 9.91. The van der Waals surface area contributed by atoms with Crippen LogP contribution in [-0.2, 0) is 11.2 Å². The summed E-state index contributed by atoms with van der Waals surface area (Å²) in [6.45, 7) is 0. The van der Waals surface area contributed by atoms with Crippen molar-refractivity contribution in [2.75, 3.05) is 12.0 Å². The van der Waals surface area contributed by atoms with Gasteiger partial charge in [0.1, 0.15) is 5.78 Å². The quantitative estimate of drug-likeness (QED) is 0.707. The molecule has 0 radical (unpaired) electrons. The molecule has 0 atom stereocenters. The van der Waals surface area contributed by atoms with Gasteiger partial charge >= 0.3 is 0 Å². The van der Waals surface area contributed by atoms with Crippen molar-refractivity contribution in [1.29, 1.82) is 0 Å². The molecule has 60 valence electrons. The van der Waals surface area contributed by atoms with E-state index in [2.05, 4.69) is 8.75 Å². The maximum Gasteiger partial charge on any atom is 0.148 e. The highest BCUT2D eigenvalue weighted by molar-refractivity contribution is 7.99. The van der Waals surface area contributed by atoms with Crippen LogP contribution in [0.1, 0.15) is 5.69 Å². The number of carbonyl (C=O) groups is 1. The third kappa shape index (κ3) is 2.98. The lowest BCUT2D eigenvalue weighted by Gasteiger charge is -1.92. The van der Waals surface area contributed by atoms with Crippen molar-refractivity contribution < 1.29 is 4.79 Å². The topological polar surface area (TPSA) is 42.9 Å². The minimum Gasteiger partial charge on any atom is -0.298 e. The van der Waals surface area contributed by atoms with Crippen LogP contribution in [0.4, 0.5) is 0 Å². The van der Waals surface area contributed by atoms with Gasteiger partial charge in [0.15, 0.2) is 0 Å². The lowest BCUT2D eigenvalue weighted by Crippen LogP contribution is -2.05. The highest BCUT2D eigenvalue weighted by atomic mass is 32.2. The van der Waals surface area contributed by atoms with Crippen LogP contribution in [0.25, 0.3) is 0 Å². The third-order valence-electron chi connectivity index (χ3n) is 1.09. The van der Waals surface area contributed by atoms with Gasteiger partial charge < -0.3 is 0 Å². The van der Waals surface area contributed by atoms with Crippen molar-refractivity contribution in [3.63, 3.8) is 0 Å². The molecule has 0 bridgehead atoms. The molecule has 1 aromatic rings. The van der Waals surface area contributed by atoms with Crippen LogP contribution in [0.2, 0.25) is 0 Å². The maximum atomic E-state index is 11.0. The summed E-state index contributed by atoms with van der Waals surface area (Å²) in [5, 5.41) is 0. The summed E-state index contributed by atoms with van der Waals surface area (Å²) >= 11 is 2.68. The molecule has 11 heavy (non-hydrogen) atoms. The predicted octanol–water partition coefficient (Wildman–Crippen LogP) is 1.01. The Bertz CT molecular complexity index is 222. The minimum atomic E-state index is 0.213. The summed E-state index contributed by atoms with van der Waals surface area (Å²) in [5.74, 6) is 0.780. The summed E-state index contributed by atoms with van der Waals surface area (Å²) in [4.78, 5) is 11.0. The fourth-order valence-corrected chi connectivity index (χ4v) is 1.53. The van der Waals surface area contributed by atoms with Gasteiger partial charge in [-0.05, 0) is 6.26 Å². The van der Waals surface area contributed by atoms with E-state index >= 15 is 0 Å². The Morgan fingerprint density at radius 1 is 1.82 bits per heavy atom. The molecule has 0 fully saturated rings. The molecule has 5 heteroatoms. The van der Waals surface area contributed by atoms with E-state index in [9.17, 15) is 4.79 Å². The summed E-state index contributed by atoms with van der Waals surface area (Å²) < 4.78 is 7.75. The average Bonchev–Trinajstić information content (AvgIpc) is 2.40. The largest absolute Gasteiger partial charge is 0.298 e.